The second-order valence-electron chi connectivity index (χ2n) is 4.81. The summed E-state index contributed by atoms with van der Waals surface area (Å²) in [7, 11) is 0. The third-order valence-electron chi connectivity index (χ3n) is 3.46. The lowest BCUT2D eigenvalue weighted by Crippen LogP contribution is -1.99. The van der Waals surface area contributed by atoms with Gasteiger partial charge in [0, 0.05) is 4.88 Å². The molecule has 3 aromatic rings. The molecule has 6 heteroatoms. The maximum Gasteiger partial charge on any atom is 0.197 e. The standard InChI is InChI=1S/C15H11ClN4S/c16-11-6-2-3-7-12(11)20-15(17-18-19-20)14-9-10-5-1-4-8-13(10)21-14/h2-4,6-9H,1,5H2. The molecule has 2 heterocycles. The highest BCUT2D eigenvalue weighted by Crippen LogP contribution is 2.35. The van der Waals surface area contributed by atoms with Gasteiger partial charge in [0.1, 0.15) is 0 Å². The molecule has 21 heavy (non-hydrogen) atoms. The van der Waals surface area contributed by atoms with E-state index in [1.165, 1.54) is 10.4 Å². The number of fused-ring (bicyclic) bond motifs is 1. The predicted octanol–water partition coefficient (Wildman–Crippen LogP) is 4.00. The Morgan fingerprint density at radius 1 is 1.24 bits per heavy atom. The Morgan fingerprint density at radius 2 is 2.14 bits per heavy atom. The summed E-state index contributed by atoms with van der Waals surface area (Å²) in [4.78, 5) is 2.36. The first-order valence-electron chi connectivity index (χ1n) is 6.66. The van der Waals surface area contributed by atoms with Gasteiger partial charge in [0.05, 0.1) is 15.6 Å². The number of thiophene rings is 1. The first kappa shape index (κ1) is 12.7. The van der Waals surface area contributed by atoms with Gasteiger partial charge in [-0.15, -0.1) is 16.4 Å². The van der Waals surface area contributed by atoms with E-state index in [4.69, 9.17) is 11.6 Å². The van der Waals surface area contributed by atoms with E-state index >= 15 is 0 Å². The van der Waals surface area contributed by atoms with E-state index < -0.39 is 0 Å². The van der Waals surface area contributed by atoms with Gasteiger partial charge in [-0.3, -0.25) is 0 Å². The van der Waals surface area contributed by atoms with Crippen LogP contribution in [0.3, 0.4) is 0 Å². The van der Waals surface area contributed by atoms with Crippen LogP contribution in [0.1, 0.15) is 16.9 Å². The van der Waals surface area contributed by atoms with E-state index in [0.29, 0.717) is 5.02 Å². The number of tetrazole rings is 1. The largest absolute Gasteiger partial charge is 0.197 e. The SMILES string of the molecule is Clc1ccccc1-n1nnnc1-c1cc2c(s1)C=CCC2. The molecule has 1 aliphatic rings. The fourth-order valence-corrected chi connectivity index (χ4v) is 3.77. The fourth-order valence-electron chi connectivity index (χ4n) is 2.45. The van der Waals surface area contributed by atoms with Crippen molar-refractivity contribution in [1.82, 2.24) is 20.2 Å². The number of allylic oxidation sites excluding steroid dienone is 1. The van der Waals surface area contributed by atoms with Gasteiger partial charge in [-0.25, -0.2) is 0 Å². The minimum absolute atomic E-state index is 0.632. The molecule has 0 atom stereocenters. The Hall–Kier alpha value is -1.98. The summed E-state index contributed by atoms with van der Waals surface area (Å²) < 4.78 is 1.70. The molecule has 0 radical (unpaired) electrons. The van der Waals surface area contributed by atoms with Gasteiger partial charge < -0.3 is 0 Å². The van der Waals surface area contributed by atoms with Crippen molar-refractivity contribution >= 4 is 29.0 Å². The number of hydrogen-bond donors (Lipinski definition) is 0. The van der Waals surface area contributed by atoms with E-state index in [-0.39, 0.29) is 0 Å². The van der Waals surface area contributed by atoms with Crippen LogP contribution in [0.25, 0.3) is 22.5 Å². The summed E-state index contributed by atoms with van der Waals surface area (Å²) in [5.41, 5.74) is 2.16. The number of benzene rings is 1. The Kier molecular flexibility index (Phi) is 3.09. The van der Waals surface area contributed by atoms with Crippen LogP contribution < -0.4 is 0 Å². The van der Waals surface area contributed by atoms with Crippen molar-refractivity contribution in [2.75, 3.05) is 0 Å². The molecule has 2 aromatic heterocycles. The molecular formula is C15H11ClN4S. The van der Waals surface area contributed by atoms with E-state index in [2.05, 4.69) is 33.7 Å². The van der Waals surface area contributed by atoms with Crippen LogP contribution in [0.2, 0.25) is 5.02 Å². The van der Waals surface area contributed by atoms with E-state index in [1.807, 2.05) is 24.3 Å². The Balaban J connectivity index is 1.84. The molecule has 0 fully saturated rings. The number of nitrogens with zero attached hydrogens (tertiary/aromatic N) is 4. The minimum Gasteiger partial charge on any atom is -0.190 e. The van der Waals surface area contributed by atoms with Crippen molar-refractivity contribution in [3.05, 3.63) is 51.9 Å². The summed E-state index contributed by atoms with van der Waals surface area (Å²) >= 11 is 7.97. The Labute approximate surface area is 130 Å². The van der Waals surface area contributed by atoms with Crippen LogP contribution in [-0.4, -0.2) is 20.2 Å². The zero-order chi connectivity index (χ0) is 14.2. The normalized spacial score (nSPS) is 13.4. The minimum atomic E-state index is 0.632. The first-order valence-corrected chi connectivity index (χ1v) is 7.85. The van der Waals surface area contributed by atoms with E-state index in [0.717, 1.165) is 29.2 Å². The second-order valence-corrected chi connectivity index (χ2v) is 6.30. The van der Waals surface area contributed by atoms with Gasteiger partial charge in [-0.05, 0) is 53.1 Å². The monoisotopic (exact) mass is 314 g/mol. The molecule has 104 valence electrons. The number of hydrogen-bond acceptors (Lipinski definition) is 4. The van der Waals surface area contributed by atoms with Crippen molar-refractivity contribution < 1.29 is 0 Å². The quantitative estimate of drug-likeness (QED) is 0.718. The van der Waals surface area contributed by atoms with Gasteiger partial charge in [0.2, 0.25) is 0 Å². The molecule has 0 aliphatic heterocycles. The molecule has 0 unspecified atom stereocenters. The zero-order valence-electron chi connectivity index (χ0n) is 11.0. The fraction of sp³-hybridized carbons (Fsp3) is 0.133. The summed E-state index contributed by atoms with van der Waals surface area (Å²) in [6, 6.07) is 9.75. The van der Waals surface area contributed by atoms with Crippen LogP contribution in [0.15, 0.2) is 36.4 Å². The third kappa shape index (κ3) is 2.18. The highest BCUT2D eigenvalue weighted by molar-refractivity contribution is 7.16. The number of rotatable bonds is 2. The summed E-state index contributed by atoms with van der Waals surface area (Å²) in [5, 5.41) is 12.7. The van der Waals surface area contributed by atoms with Gasteiger partial charge in [-0.1, -0.05) is 29.8 Å². The topological polar surface area (TPSA) is 43.6 Å². The average molecular weight is 315 g/mol. The molecule has 4 rings (SSSR count). The molecule has 0 saturated carbocycles. The third-order valence-corrected chi connectivity index (χ3v) is 4.92. The number of aryl methyl sites for hydroxylation is 1. The number of para-hydroxylation sites is 1. The maximum absolute atomic E-state index is 6.25. The molecule has 4 nitrogen and oxygen atoms in total. The van der Waals surface area contributed by atoms with Crippen LogP contribution in [0, 0.1) is 0 Å². The Bertz CT molecular complexity index is 834. The van der Waals surface area contributed by atoms with E-state index in [9.17, 15) is 0 Å². The second kappa shape index (κ2) is 5.09. The van der Waals surface area contributed by atoms with Crippen LogP contribution in [0.5, 0.6) is 0 Å². The molecule has 1 aromatic carbocycles. The summed E-state index contributed by atoms with van der Waals surface area (Å²) in [6.45, 7) is 0. The van der Waals surface area contributed by atoms with Crippen molar-refractivity contribution in [3.8, 4) is 16.4 Å². The summed E-state index contributed by atoms with van der Waals surface area (Å²) in [5.74, 6) is 0.732. The summed E-state index contributed by atoms with van der Waals surface area (Å²) in [6.07, 6.45) is 6.56. The van der Waals surface area contributed by atoms with Gasteiger partial charge in [-0.2, -0.15) is 4.68 Å². The lowest BCUT2D eigenvalue weighted by molar-refractivity contribution is 0.791. The lowest BCUT2D eigenvalue weighted by atomic mass is 10.1. The van der Waals surface area contributed by atoms with Gasteiger partial charge >= 0.3 is 0 Å². The maximum atomic E-state index is 6.25. The van der Waals surface area contributed by atoms with Gasteiger partial charge in [0.25, 0.3) is 0 Å². The van der Waals surface area contributed by atoms with Crippen molar-refractivity contribution in [3.63, 3.8) is 0 Å². The zero-order valence-corrected chi connectivity index (χ0v) is 12.6. The van der Waals surface area contributed by atoms with Crippen molar-refractivity contribution in [2.24, 2.45) is 0 Å². The smallest absolute Gasteiger partial charge is 0.190 e. The molecule has 0 spiro atoms. The first-order chi connectivity index (χ1) is 10.3. The molecule has 0 N–H and O–H groups in total. The van der Waals surface area contributed by atoms with E-state index in [1.54, 1.807) is 16.0 Å². The average Bonchev–Trinajstić information content (AvgIpc) is 3.13. The number of halogens is 1. The Morgan fingerprint density at radius 3 is 3.00 bits per heavy atom. The van der Waals surface area contributed by atoms with Crippen molar-refractivity contribution in [2.45, 2.75) is 12.8 Å². The molecule has 0 saturated heterocycles. The predicted molar refractivity (Wildman–Crippen MR) is 84.8 cm³/mol. The molecular weight excluding hydrogens is 304 g/mol. The molecule has 1 aliphatic carbocycles. The van der Waals surface area contributed by atoms with Crippen LogP contribution in [-0.2, 0) is 6.42 Å². The van der Waals surface area contributed by atoms with Crippen LogP contribution in [0.4, 0.5) is 0 Å². The lowest BCUT2D eigenvalue weighted by Gasteiger charge is -2.04. The highest BCUT2D eigenvalue weighted by atomic mass is 35.5. The molecule has 0 amide bonds. The van der Waals surface area contributed by atoms with Crippen molar-refractivity contribution in [1.29, 1.82) is 0 Å². The number of aromatic nitrogens is 4. The molecule has 0 bridgehead atoms. The van der Waals surface area contributed by atoms with Gasteiger partial charge in [0.15, 0.2) is 5.82 Å². The van der Waals surface area contributed by atoms with Crippen LogP contribution >= 0.6 is 22.9 Å². The highest BCUT2D eigenvalue weighted by Gasteiger charge is 2.17.